The van der Waals surface area contributed by atoms with Crippen molar-refractivity contribution in [2.45, 2.75) is 70.9 Å². The third kappa shape index (κ3) is 5.19. The van der Waals surface area contributed by atoms with Crippen molar-refractivity contribution in [3.05, 3.63) is 41.6 Å². The van der Waals surface area contributed by atoms with Crippen LogP contribution >= 0.6 is 0 Å². The Bertz CT molecular complexity index is 1210. The van der Waals surface area contributed by atoms with E-state index in [9.17, 15) is 4.79 Å². The van der Waals surface area contributed by atoms with Crippen LogP contribution in [0.3, 0.4) is 0 Å². The minimum Gasteiger partial charge on any atom is -0.444 e. The number of nitrogens with one attached hydrogen (secondary N) is 1. The fraction of sp³-hybridized carbons (Fsp3) is 0.536. The van der Waals surface area contributed by atoms with Gasteiger partial charge in [0, 0.05) is 43.8 Å². The number of aromatic nitrogens is 3. The van der Waals surface area contributed by atoms with E-state index in [0.29, 0.717) is 23.4 Å². The Morgan fingerprint density at radius 3 is 2.36 bits per heavy atom. The van der Waals surface area contributed by atoms with Gasteiger partial charge < -0.3 is 15.4 Å². The van der Waals surface area contributed by atoms with Crippen molar-refractivity contribution in [3.8, 4) is 11.1 Å². The quantitative estimate of drug-likeness (QED) is 0.530. The summed E-state index contributed by atoms with van der Waals surface area (Å²) < 4.78 is 5.55. The maximum Gasteiger partial charge on any atom is 0.410 e. The summed E-state index contributed by atoms with van der Waals surface area (Å²) in [5.41, 5.74) is 11.1. The topological polar surface area (TPSA) is 100 Å². The lowest BCUT2D eigenvalue weighted by Crippen LogP contribution is -2.53. The van der Waals surface area contributed by atoms with E-state index in [2.05, 4.69) is 52.4 Å². The van der Waals surface area contributed by atoms with Crippen molar-refractivity contribution < 1.29 is 9.53 Å². The van der Waals surface area contributed by atoms with Gasteiger partial charge in [-0.2, -0.15) is 5.10 Å². The molecule has 1 saturated carbocycles. The van der Waals surface area contributed by atoms with E-state index >= 15 is 0 Å². The van der Waals surface area contributed by atoms with E-state index in [1.54, 1.807) is 0 Å². The Kier molecular flexibility index (Phi) is 6.64. The minimum atomic E-state index is -0.454. The Morgan fingerprint density at radius 1 is 1.06 bits per heavy atom. The minimum absolute atomic E-state index is 0.198. The van der Waals surface area contributed by atoms with Crippen LogP contribution in [0.1, 0.15) is 63.6 Å². The molecule has 1 amide bonds. The Balaban J connectivity index is 1.25. The molecule has 192 valence electrons. The molecule has 5 rings (SSSR count). The Hall–Kier alpha value is -3.13. The van der Waals surface area contributed by atoms with E-state index in [1.165, 1.54) is 5.56 Å². The molecule has 1 aliphatic heterocycles. The largest absolute Gasteiger partial charge is 0.444 e. The van der Waals surface area contributed by atoms with Gasteiger partial charge >= 0.3 is 6.09 Å². The highest BCUT2D eigenvalue weighted by molar-refractivity contribution is 6.00. The van der Waals surface area contributed by atoms with Gasteiger partial charge in [-0.05, 0) is 70.6 Å². The number of hydrogen-bond acceptors (Lipinski definition) is 6. The molecular formula is C28H38N6O2. The molecule has 36 heavy (non-hydrogen) atoms. The zero-order valence-corrected chi connectivity index (χ0v) is 21.9. The number of fused-ring (bicyclic) bond motifs is 1. The van der Waals surface area contributed by atoms with Gasteiger partial charge in [0.15, 0.2) is 5.65 Å². The average molecular weight is 491 g/mol. The van der Waals surface area contributed by atoms with Crippen LogP contribution in [-0.4, -0.2) is 68.9 Å². The molecule has 8 nitrogen and oxygen atoms in total. The summed E-state index contributed by atoms with van der Waals surface area (Å²) in [5, 5.41) is 8.22. The number of H-pyrrole nitrogens is 1. The lowest BCUT2D eigenvalue weighted by molar-refractivity contribution is 0.00785. The molecule has 1 aliphatic carbocycles. The van der Waals surface area contributed by atoms with E-state index < -0.39 is 5.60 Å². The zero-order chi connectivity index (χ0) is 25.4. The van der Waals surface area contributed by atoms with E-state index in [0.717, 1.165) is 74.1 Å². The first-order chi connectivity index (χ1) is 17.2. The lowest BCUT2D eigenvalue weighted by atomic mass is 9.82. The molecule has 8 heteroatoms. The number of carbonyl (C=O) groups is 1. The molecule has 1 aromatic carbocycles. The van der Waals surface area contributed by atoms with E-state index in [1.807, 2.05) is 25.7 Å². The van der Waals surface area contributed by atoms with E-state index in [-0.39, 0.29) is 6.09 Å². The van der Waals surface area contributed by atoms with Gasteiger partial charge in [0.25, 0.3) is 0 Å². The van der Waals surface area contributed by atoms with Crippen LogP contribution in [0.15, 0.2) is 30.3 Å². The van der Waals surface area contributed by atoms with E-state index in [4.69, 9.17) is 15.5 Å². The summed E-state index contributed by atoms with van der Waals surface area (Å²) in [6.45, 7) is 11.1. The second-order valence-corrected chi connectivity index (χ2v) is 11.3. The molecule has 2 aromatic heterocycles. The number of carbonyl (C=O) groups excluding carboxylic acids is 1. The van der Waals surface area contributed by atoms with Crippen molar-refractivity contribution in [1.82, 2.24) is 25.0 Å². The highest BCUT2D eigenvalue weighted by Gasteiger charge is 2.32. The monoisotopic (exact) mass is 490 g/mol. The summed E-state index contributed by atoms with van der Waals surface area (Å²) >= 11 is 0. The van der Waals surface area contributed by atoms with Gasteiger partial charge in [0.2, 0.25) is 0 Å². The predicted molar refractivity (Wildman–Crippen MR) is 143 cm³/mol. The smallest absolute Gasteiger partial charge is 0.410 e. The first kappa shape index (κ1) is 24.6. The molecule has 3 N–H and O–H groups in total. The SMILES string of the molecule is Cc1ccc(-c2cc(C3CCC(N4CCN(C(=O)OC(C)(C)C)CC4)CC3)nc3n[nH]c(N)c23)cc1. The molecular weight excluding hydrogens is 452 g/mol. The first-order valence-electron chi connectivity index (χ1n) is 13.1. The van der Waals surface area contributed by atoms with Gasteiger partial charge in [0.05, 0.1) is 5.39 Å². The fourth-order valence-electron chi connectivity index (χ4n) is 5.57. The number of hydrogen-bond donors (Lipinski definition) is 2. The summed E-state index contributed by atoms with van der Waals surface area (Å²) in [7, 11) is 0. The number of nitrogens with two attached hydrogens (primary N) is 1. The van der Waals surface area contributed by atoms with Crippen LogP contribution in [0.5, 0.6) is 0 Å². The maximum atomic E-state index is 12.4. The number of nitrogen functional groups attached to an aromatic ring is 1. The Labute approximate surface area is 213 Å². The van der Waals surface area contributed by atoms with Crippen LogP contribution in [-0.2, 0) is 4.74 Å². The third-order valence-corrected chi connectivity index (χ3v) is 7.53. The van der Waals surface area contributed by atoms with Crippen molar-refractivity contribution in [1.29, 1.82) is 0 Å². The van der Waals surface area contributed by atoms with Crippen LogP contribution in [0.2, 0.25) is 0 Å². The summed E-state index contributed by atoms with van der Waals surface area (Å²) in [4.78, 5) is 21.7. The summed E-state index contributed by atoms with van der Waals surface area (Å²) in [5.74, 6) is 0.977. The van der Waals surface area contributed by atoms with Crippen LogP contribution in [0.4, 0.5) is 10.6 Å². The number of nitrogens with zero attached hydrogens (tertiary/aromatic N) is 4. The molecule has 0 bridgehead atoms. The highest BCUT2D eigenvalue weighted by Crippen LogP contribution is 2.38. The number of benzene rings is 1. The third-order valence-electron chi connectivity index (χ3n) is 7.53. The number of ether oxygens (including phenoxy) is 1. The number of amides is 1. The van der Waals surface area contributed by atoms with Gasteiger partial charge in [0.1, 0.15) is 11.4 Å². The zero-order valence-electron chi connectivity index (χ0n) is 21.9. The predicted octanol–water partition coefficient (Wildman–Crippen LogP) is 5.09. The second kappa shape index (κ2) is 9.73. The lowest BCUT2D eigenvalue weighted by Gasteiger charge is -2.42. The molecule has 0 unspecified atom stereocenters. The molecule has 0 radical (unpaired) electrons. The molecule has 1 saturated heterocycles. The molecule has 3 heterocycles. The van der Waals surface area contributed by atoms with Gasteiger partial charge in [-0.25, -0.2) is 9.78 Å². The van der Waals surface area contributed by atoms with Crippen LogP contribution < -0.4 is 5.73 Å². The van der Waals surface area contributed by atoms with Crippen LogP contribution in [0.25, 0.3) is 22.2 Å². The summed E-state index contributed by atoms with van der Waals surface area (Å²) in [6.07, 6.45) is 4.28. The number of aryl methyl sites for hydroxylation is 1. The number of pyridine rings is 1. The van der Waals surface area contributed by atoms with Gasteiger partial charge in [-0.1, -0.05) is 29.8 Å². The average Bonchev–Trinajstić information content (AvgIpc) is 3.24. The number of aromatic amines is 1. The molecule has 0 spiro atoms. The number of rotatable bonds is 3. The fourth-order valence-corrected chi connectivity index (χ4v) is 5.57. The molecule has 3 aromatic rings. The maximum absolute atomic E-state index is 12.4. The summed E-state index contributed by atoms with van der Waals surface area (Å²) in [6, 6.07) is 11.3. The normalized spacial score (nSPS) is 21.6. The highest BCUT2D eigenvalue weighted by atomic mass is 16.6. The van der Waals surface area contributed by atoms with Crippen molar-refractivity contribution in [2.75, 3.05) is 31.9 Å². The molecule has 0 atom stereocenters. The number of piperazine rings is 1. The first-order valence-corrected chi connectivity index (χ1v) is 13.1. The van der Waals surface area contributed by atoms with Crippen LogP contribution in [0, 0.1) is 6.92 Å². The standard InChI is InChI=1S/C28H38N6O2/c1-18-5-7-19(8-6-18)22-17-23(30-26-24(22)25(29)31-32-26)20-9-11-21(12-10-20)33-13-15-34(16-14-33)27(35)36-28(2,3)4/h5-8,17,20-21H,9-16H2,1-4H3,(H3,29,30,31,32). The Morgan fingerprint density at radius 2 is 1.72 bits per heavy atom. The van der Waals surface area contributed by atoms with Gasteiger partial charge in [-0.15, -0.1) is 0 Å². The molecule has 2 fully saturated rings. The number of anilines is 1. The molecule has 2 aliphatic rings. The van der Waals surface area contributed by atoms with Crippen molar-refractivity contribution in [3.63, 3.8) is 0 Å². The van der Waals surface area contributed by atoms with Gasteiger partial charge in [-0.3, -0.25) is 10.00 Å². The van der Waals surface area contributed by atoms with Crippen molar-refractivity contribution in [2.24, 2.45) is 0 Å². The van der Waals surface area contributed by atoms with Crippen molar-refractivity contribution >= 4 is 22.9 Å². The second-order valence-electron chi connectivity index (χ2n) is 11.3.